The van der Waals surface area contributed by atoms with E-state index >= 15 is 0 Å². The average molecular weight is 172 g/mol. The summed E-state index contributed by atoms with van der Waals surface area (Å²) in [7, 11) is 0. The first-order chi connectivity index (χ1) is 6.25. The summed E-state index contributed by atoms with van der Waals surface area (Å²) in [6, 6.07) is 0. The van der Waals surface area contributed by atoms with Gasteiger partial charge in [0.25, 0.3) is 0 Å². The molecule has 3 aliphatic rings. The maximum atomic E-state index is 9.11. The number of hydrogen-bond acceptors (Lipinski definition) is 1. The van der Waals surface area contributed by atoms with E-state index < -0.39 is 0 Å². The van der Waals surface area contributed by atoms with Gasteiger partial charge in [0.15, 0.2) is 0 Å². The lowest BCUT2D eigenvalue weighted by Gasteiger charge is -2.15. The van der Waals surface area contributed by atoms with E-state index in [1.807, 2.05) is 0 Å². The van der Waals surface area contributed by atoms with Crippen LogP contribution in [0.2, 0.25) is 0 Å². The van der Waals surface area contributed by atoms with E-state index in [9.17, 15) is 0 Å². The SMILES string of the molecule is C=C(C)C1=C2CC=C(CO)C3C2=C13. The van der Waals surface area contributed by atoms with Gasteiger partial charge in [-0.25, -0.2) is 0 Å². The first-order valence-corrected chi connectivity index (χ1v) is 4.69. The second-order valence-electron chi connectivity index (χ2n) is 4.04. The Morgan fingerprint density at radius 1 is 1.62 bits per heavy atom. The van der Waals surface area contributed by atoms with Gasteiger partial charge in [-0.2, -0.15) is 0 Å². The van der Waals surface area contributed by atoms with E-state index in [1.165, 1.54) is 33.4 Å². The molecule has 0 aromatic rings. The smallest absolute Gasteiger partial charge is 0.0651 e. The third-order valence-electron chi connectivity index (χ3n) is 3.23. The lowest BCUT2D eigenvalue weighted by molar-refractivity contribution is 0.325. The second kappa shape index (κ2) is 2.05. The molecule has 1 nitrogen and oxygen atoms in total. The van der Waals surface area contributed by atoms with Gasteiger partial charge in [0, 0.05) is 5.92 Å². The van der Waals surface area contributed by atoms with E-state index in [0.29, 0.717) is 5.92 Å². The van der Waals surface area contributed by atoms with Gasteiger partial charge in [-0.15, -0.1) is 0 Å². The molecule has 0 spiro atoms. The summed E-state index contributed by atoms with van der Waals surface area (Å²) in [4.78, 5) is 0. The Morgan fingerprint density at radius 3 is 3.00 bits per heavy atom. The molecule has 0 amide bonds. The Bertz CT molecular complexity index is 418. The van der Waals surface area contributed by atoms with Gasteiger partial charge in [-0.3, -0.25) is 0 Å². The molecule has 0 aliphatic heterocycles. The summed E-state index contributed by atoms with van der Waals surface area (Å²) in [5, 5.41) is 9.11. The first kappa shape index (κ1) is 7.34. The van der Waals surface area contributed by atoms with Crippen LogP contribution in [0, 0.1) is 5.92 Å². The highest BCUT2D eigenvalue weighted by Crippen LogP contribution is 2.65. The third kappa shape index (κ3) is 0.673. The van der Waals surface area contributed by atoms with E-state index in [2.05, 4.69) is 19.6 Å². The molecule has 0 aromatic heterocycles. The minimum atomic E-state index is 0.217. The van der Waals surface area contributed by atoms with Gasteiger partial charge in [0.05, 0.1) is 6.61 Å². The van der Waals surface area contributed by atoms with E-state index in [0.717, 1.165) is 6.42 Å². The highest BCUT2D eigenvalue weighted by atomic mass is 16.3. The molecule has 0 saturated heterocycles. The predicted octanol–water partition coefficient (Wildman–Crippen LogP) is 2.12. The predicted molar refractivity (Wildman–Crippen MR) is 52.1 cm³/mol. The molecule has 0 bridgehead atoms. The summed E-state index contributed by atoms with van der Waals surface area (Å²) in [6.07, 6.45) is 3.18. The Balaban J connectivity index is 1.96. The van der Waals surface area contributed by atoms with E-state index in [-0.39, 0.29) is 6.61 Å². The highest BCUT2D eigenvalue weighted by Gasteiger charge is 2.52. The van der Waals surface area contributed by atoms with Crippen LogP contribution < -0.4 is 0 Å². The quantitative estimate of drug-likeness (QED) is 0.632. The van der Waals surface area contributed by atoms with Crippen molar-refractivity contribution in [2.45, 2.75) is 13.3 Å². The fourth-order valence-corrected chi connectivity index (χ4v) is 2.65. The second-order valence-corrected chi connectivity index (χ2v) is 4.04. The monoisotopic (exact) mass is 172 g/mol. The van der Waals surface area contributed by atoms with Crippen molar-refractivity contribution in [2.24, 2.45) is 5.92 Å². The number of fused-ring (bicyclic) bond motifs is 1. The minimum absolute atomic E-state index is 0.217. The van der Waals surface area contributed by atoms with Crippen molar-refractivity contribution in [1.29, 1.82) is 0 Å². The van der Waals surface area contributed by atoms with Crippen molar-refractivity contribution in [2.75, 3.05) is 6.61 Å². The van der Waals surface area contributed by atoms with Gasteiger partial charge < -0.3 is 5.11 Å². The van der Waals surface area contributed by atoms with Crippen molar-refractivity contribution in [3.8, 4) is 0 Å². The van der Waals surface area contributed by atoms with Crippen molar-refractivity contribution >= 4 is 0 Å². The average Bonchev–Trinajstić information content (AvgIpc) is 2.72. The Kier molecular flexibility index (Phi) is 1.15. The van der Waals surface area contributed by atoms with Gasteiger partial charge in [-0.05, 0) is 41.2 Å². The molecule has 0 aromatic carbocycles. The molecule has 66 valence electrons. The van der Waals surface area contributed by atoms with Crippen LogP contribution in [-0.4, -0.2) is 11.7 Å². The van der Waals surface area contributed by atoms with Crippen molar-refractivity contribution in [3.63, 3.8) is 0 Å². The molecule has 1 N–H and O–H groups in total. The molecule has 1 atom stereocenters. The van der Waals surface area contributed by atoms with Crippen LogP contribution in [0.15, 0.2) is 46.1 Å². The number of allylic oxidation sites excluding steroid dienone is 6. The van der Waals surface area contributed by atoms with Crippen LogP contribution in [0.5, 0.6) is 0 Å². The maximum Gasteiger partial charge on any atom is 0.0651 e. The number of hydrogen-bond donors (Lipinski definition) is 1. The molecule has 1 unspecified atom stereocenters. The lowest BCUT2D eigenvalue weighted by atomic mass is 9.90. The third-order valence-corrected chi connectivity index (χ3v) is 3.23. The number of aliphatic hydroxyl groups excluding tert-OH is 1. The van der Waals surface area contributed by atoms with Crippen LogP contribution >= 0.6 is 0 Å². The molecular weight excluding hydrogens is 160 g/mol. The first-order valence-electron chi connectivity index (χ1n) is 4.69. The summed E-state index contributed by atoms with van der Waals surface area (Å²) < 4.78 is 0. The lowest BCUT2D eigenvalue weighted by Crippen LogP contribution is -2.00. The van der Waals surface area contributed by atoms with Crippen LogP contribution in [-0.2, 0) is 0 Å². The van der Waals surface area contributed by atoms with Gasteiger partial charge in [0.1, 0.15) is 0 Å². The molecule has 0 heterocycles. The van der Waals surface area contributed by atoms with Gasteiger partial charge in [-0.1, -0.05) is 18.2 Å². The molecule has 0 radical (unpaired) electrons. The molecule has 13 heavy (non-hydrogen) atoms. The number of aliphatic hydroxyl groups is 1. The van der Waals surface area contributed by atoms with Crippen LogP contribution in [0.4, 0.5) is 0 Å². The Hall–Kier alpha value is -1.08. The maximum absolute atomic E-state index is 9.11. The molecular formula is C12H12O. The van der Waals surface area contributed by atoms with Crippen molar-refractivity contribution < 1.29 is 5.11 Å². The van der Waals surface area contributed by atoms with Crippen molar-refractivity contribution in [1.82, 2.24) is 0 Å². The fraction of sp³-hybridized carbons (Fsp3) is 0.333. The molecule has 3 aliphatic carbocycles. The van der Waals surface area contributed by atoms with Crippen LogP contribution in [0.1, 0.15) is 13.3 Å². The van der Waals surface area contributed by atoms with E-state index in [1.54, 1.807) is 0 Å². The van der Waals surface area contributed by atoms with Crippen LogP contribution in [0.25, 0.3) is 0 Å². The summed E-state index contributed by atoms with van der Waals surface area (Å²) >= 11 is 0. The fourth-order valence-electron chi connectivity index (χ4n) is 2.65. The molecule has 3 rings (SSSR count). The highest BCUT2D eigenvalue weighted by molar-refractivity contribution is 5.84. The van der Waals surface area contributed by atoms with Gasteiger partial charge >= 0.3 is 0 Å². The van der Waals surface area contributed by atoms with Crippen molar-refractivity contribution in [3.05, 3.63) is 46.1 Å². The molecule has 0 saturated carbocycles. The molecule has 1 heteroatoms. The zero-order chi connectivity index (χ0) is 9.16. The summed E-state index contributed by atoms with van der Waals surface area (Å²) in [5.74, 6) is 0.500. The van der Waals surface area contributed by atoms with Crippen LogP contribution in [0.3, 0.4) is 0 Å². The largest absolute Gasteiger partial charge is 0.392 e. The zero-order valence-electron chi connectivity index (χ0n) is 7.72. The summed E-state index contributed by atoms with van der Waals surface area (Å²) in [6.45, 7) is 6.27. The van der Waals surface area contributed by atoms with E-state index in [4.69, 9.17) is 5.11 Å². The standard InChI is InChI=1S/C12H12O/c1-6(2)9-8-4-3-7(5-13)10-11(8)12(9)10/h3,10,13H,1,4-5H2,2H3. The van der Waals surface area contributed by atoms with Gasteiger partial charge in [0.2, 0.25) is 0 Å². The zero-order valence-corrected chi connectivity index (χ0v) is 7.72. The topological polar surface area (TPSA) is 20.2 Å². The Labute approximate surface area is 77.8 Å². The summed E-state index contributed by atoms with van der Waals surface area (Å²) in [5.41, 5.74) is 8.27. The number of rotatable bonds is 2. The normalized spacial score (nSPS) is 28.2. The minimum Gasteiger partial charge on any atom is -0.392 e. The Morgan fingerprint density at radius 2 is 2.38 bits per heavy atom. The molecule has 0 fully saturated rings.